The molecule has 0 spiro atoms. The van der Waals surface area contributed by atoms with Gasteiger partial charge in [0.15, 0.2) is 0 Å². The second kappa shape index (κ2) is 9.32. The monoisotopic (exact) mass is 438 g/mol. The van der Waals surface area contributed by atoms with Gasteiger partial charge in [-0.2, -0.15) is 0 Å². The Hall–Kier alpha value is -3.16. The lowest BCUT2D eigenvalue weighted by molar-refractivity contribution is 0.102. The van der Waals surface area contributed by atoms with Crippen LogP contribution < -0.4 is 14.8 Å². The number of hydrogen-bond acceptors (Lipinski definition) is 4. The first-order valence-corrected chi connectivity index (χ1v) is 11.3. The highest BCUT2D eigenvalue weighted by atomic mass is 32.2. The molecule has 0 aliphatic carbocycles. The van der Waals surface area contributed by atoms with Crippen molar-refractivity contribution >= 4 is 21.6 Å². The average Bonchev–Trinajstić information content (AvgIpc) is 2.72. The second-order valence-electron chi connectivity index (χ2n) is 8.11. The highest BCUT2D eigenvalue weighted by molar-refractivity contribution is 7.89. The molecule has 6 nitrogen and oxygen atoms in total. The Morgan fingerprint density at radius 3 is 2.29 bits per heavy atom. The van der Waals surface area contributed by atoms with E-state index in [0.717, 1.165) is 5.56 Å². The van der Waals surface area contributed by atoms with Gasteiger partial charge in [-0.05, 0) is 56.7 Å². The molecule has 0 atom stereocenters. The lowest BCUT2D eigenvalue weighted by Crippen LogP contribution is -2.40. The molecule has 0 bridgehead atoms. The summed E-state index contributed by atoms with van der Waals surface area (Å²) in [5, 5.41) is 2.71. The third-order valence-corrected chi connectivity index (χ3v) is 6.03. The maximum Gasteiger partial charge on any atom is 0.255 e. The Balaban J connectivity index is 1.77. The van der Waals surface area contributed by atoms with Crippen LogP contribution in [0.4, 0.5) is 5.69 Å². The summed E-state index contributed by atoms with van der Waals surface area (Å²) < 4.78 is 33.9. The van der Waals surface area contributed by atoms with E-state index in [1.165, 1.54) is 6.07 Å². The van der Waals surface area contributed by atoms with Crippen molar-refractivity contribution in [1.82, 2.24) is 4.72 Å². The summed E-state index contributed by atoms with van der Waals surface area (Å²) in [6, 6.07) is 22.8. The molecule has 0 aliphatic heterocycles. The van der Waals surface area contributed by atoms with Crippen molar-refractivity contribution in [2.45, 2.75) is 37.8 Å². The molecule has 3 aromatic carbocycles. The fourth-order valence-electron chi connectivity index (χ4n) is 2.92. The van der Waals surface area contributed by atoms with Crippen molar-refractivity contribution < 1.29 is 17.9 Å². The van der Waals surface area contributed by atoms with E-state index in [2.05, 4.69) is 10.0 Å². The lowest BCUT2D eigenvalue weighted by Gasteiger charge is -2.21. The summed E-state index contributed by atoms with van der Waals surface area (Å²) in [6.07, 6.45) is 0. The van der Waals surface area contributed by atoms with E-state index in [1.54, 1.807) is 63.2 Å². The fraction of sp³-hybridized carbons (Fsp3) is 0.208. The van der Waals surface area contributed by atoms with Crippen molar-refractivity contribution in [2.75, 3.05) is 5.32 Å². The van der Waals surface area contributed by atoms with E-state index in [1.807, 2.05) is 30.3 Å². The van der Waals surface area contributed by atoms with Gasteiger partial charge in [-0.15, -0.1) is 0 Å². The van der Waals surface area contributed by atoms with Gasteiger partial charge in [-0.3, -0.25) is 4.79 Å². The zero-order valence-corrected chi connectivity index (χ0v) is 18.6. The first-order valence-electron chi connectivity index (χ1n) is 9.85. The molecular weight excluding hydrogens is 412 g/mol. The molecule has 0 saturated heterocycles. The number of benzene rings is 3. The zero-order valence-electron chi connectivity index (χ0n) is 17.8. The van der Waals surface area contributed by atoms with Crippen molar-refractivity contribution in [3.63, 3.8) is 0 Å². The molecule has 0 unspecified atom stereocenters. The van der Waals surface area contributed by atoms with Crippen LogP contribution in [0.15, 0.2) is 83.8 Å². The van der Waals surface area contributed by atoms with E-state index in [9.17, 15) is 13.2 Å². The predicted molar refractivity (Wildman–Crippen MR) is 122 cm³/mol. The van der Waals surface area contributed by atoms with Crippen LogP contribution in [0.3, 0.4) is 0 Å². The number of para-hydroxylation sites is 1. The standard InChI is InChI=1S/C24H26N2O4S/c1-24(2,3)26-31(28,29)22-15-8-7-14-21(22)25-23(27)19-12-9-13-20(16-19)30-17-18-10-5-4-6-11-18/h4-16,26H,17H2,1-3H3,(H,25,27). The van der Waals surface area contributed by atoms with Gasteiger partial charge in [0.1, 0.15) is 17.3 Å². The van der Waals surface area contributed by atoms with E-state index >= 15 is 0 Å². The van der Waals surface area contributed by atoms with Crippen LogP contribution in [-0.4, -0.2) is 19.9 Å². The summed E-state index contributed by atoms with van der Waals surface area (Å²) >= 11 is 0. The number of hydrogen-bond donors (Lipinski definition) is 2. The smallest absolute Gasteiger partial charge is 0.255 e. The molecule has 0 aromatic heterocycles. The van der Waals surface area contributed by atoms with E-state index in [4.69, 9.17) is 4.74 Å². The number of carbonyl (C=O) groups is 1. The van der Waals surface area contributed by atoms with Crippen molar-refractivity contribution in [2.24, 2.45) is 0 Å². The molecule has 3 aromatic rings. The molecule has 162 valence electrons. The van der Waals surface area contributed by atoms with Crippen LogP contribution in [-0.2, 0) is 16.6 Å². The number of carbonyl (C=O) groups excluding carboxylic acids is 1. The first kappa shape index (κ1) is 22.5. The molecule has 1 amide bonds. The molecular formula is C24H26N2O4S. The Bertz CT molecular complexity index is 1150. The van der Waals surface area contributed by atoms with Crippen LogP contribution in [0.1, 0.15) is 36.7 Å². The number of amides is 1. The molecule has 3 rings (SSSR count). The zero-order chi connectivity index (χ0) is 22.5. The number of nitrogens with one attached hydrogen (secondary N) is 2. The Labute approximate surface area is 183 Å². The molecule has 0 radical (unpaired) electrons. The van der Waals surface area contributed by atoms with Crippen LogP contribution >= 0.6 is 0 Å². The number of rotatable bonds is 7. The highest BCUT2D eigenvalue weighted by Crippen LogP contribution is 2.24. The normalized spacial score (nSPS) is 11.7. The number of anilines is 1. The topological polar surface area (TPSA) is 84.5 Å². The van der Waals surface area contributed by atoms with E-state index < -0.39 is 21.5 Å². The lowest BCUT2D eigenvalue weighted by atomic mass is 10.1. The quantitative estimate of drug-likeness (QED) is 0.565. The third-order valence-electron chi connectivity index (χ3n) is 4.21. The summed E-state index contributed by atoms with van der Waals surface area (Å²) in [5.74, 6) is 0.121. The summed E-state index contributed by atoms with van der Waals surface area (Å²) in [7, 11) is -3.81. The minimum Gasteiger partial charge on any atom is -0.489 e. The SMILES string of the molecule is CC(C)(C)NS(=O)(=O)c1ccccc1NC(=O)c1cccc(OCc2ccccc2)c1. The summed E-state index contributed by atoms with van der Waals surface area (Å²) in [4.78, 5) is 12.8. The van der Waals surface area contributed by atoms with Gasteiger partial charge in [0.2, 0.25) is 10.0 Å². The van der Waals surface area contributed by atoms with Gasteiger partial charge < -0.3 is 10.1 Å². The van der Waals surface area contributed by atoms with Crippen LogP contribution in [0, 0.1) is 0 Å². The first-order chi connectivity index (χ1) is 14.6. The van der Waals surface area contributed by atoms with Gasteiger partial charge in [0, 0.05) is 11.1 Å². The fourth-order valence-corrected chi connectivity index (χ4v) is 4.51. The van der Waals surface area contributed by atoms with Crippen molar-refractivity contribution in [3.8, 4) is 5.75 Å². The molecule has 0 aliphatic rings. The van der Waals surface area contributed by atoms with Crippen LogP contribution in [0.2, 0.25) is 0 Å². The minimum atomic E-state index is -3.81. The average molecular weight is 439 g/mol. The third kappa shape index (κ3) is 6.41. The van der Waals surface area contributed by atoms with Gasteiger partial charge in [-0.25, -0.2) is 13.1 Å². The molecule has 2 N–H and O–H groups in total. The second-order valence-corrected chi connectivity index (χ2v) is 9.76. The number of sulfonamides is 1. The maximum atomic E-state index is 12.8. The Morgan fingerprint density at radius 2 is 1.58 bits per heavy atom. The number of ether oxygens (including phenoxy) is 1. The molecule has 7 heteroatoms. The summed E-state index contributed by atoms with van der Waals surface area (Å²) in [6.45, 7) is 5.65. The van der Waals surface area contributed by atoms with Crippen molar-refractivity contribution in [3.05, 3.63) is 90.0 Å². The van der Waals surface area contributed by atoms with Crippen molar-refractivity contribution in [1.29, 1.82) is 0 Å². The highest BCUT2D eigenvalue weighted by Gasteiger charge is 2.25. The maximum absolute atomic E-state index is 12.8. The molecule has 0 saturated carbocycles. The Morgan fingerprint density at radius 1 is 0.903 bits per heavy atom. The Kier molecular flexibility index (Phi) is 6.77. The van der Waals surface area contributed by atoms with E-state index in [-0.39, 0.29) is 10.6 Å². The molecule has 0 fully saturated rings. The van der Waals surface area contributed by atoms with Gasteiger partial charge in [-0.1, -0.05) is 48.5 Å². The van der Waals surface area contributed by atoms with Gasteiger partial charge in [0.25, 0.3) is 5.91 Å². The molecule has 31 heavy (non-hydrogen) atoms. The van der Waals surface area contributed by atoms with Gasteiger partial charge >= 0.3 is 0 Å². The van der Waals surface area contributed by atoms with Crippen LogP contribution in [0.25, 0.3) is 0 Å². The van der Waals surface area contributed by atoms with Gasteiger partial charge in [0.05, 0.1) is 5.69 Å². The molecule has 0 heterocycles. The predicted octanol–water partition coefficient (Wildman–Crippen LogP) is 4.59. The van der Waals surface area contributed by atoms with Crippen LogP contribution in [0.5, 0.6) is 5.75 Å². The minimum absolute atomic E-state index is 0.00903. The summed E-state index contributed by atoms with van der Waals surface area (Å²) in [5.41, 5.74) is 0.935. The van der Waals surface area contributed by atoms with E-state index in [0.29, 0.717) is 17.9 Å². The largest absolute Gasteiger partial charge is 0.489 e.